The van der Waals surface area contributed by atoms with Crippen molar-refractivity contribution in [3.05, 3.63) is 6.20 Å². The maximum Gasteiger partial charge on any atom is 0.410 e. The van der Waals surface area contributed by atoms with Crippen molar-refractivity contribution >= 4 is 28.9 Å². The van der Waals surface area contributed by atoms with Crippen molar-refractivity contribution < 1.29 is 9.53 Å². The second-order valence-electron chi connectivity index (χ2n) is 7.38. The molecule has 2 N–H and O–H groups in total. The number of hydrogen-bond donors (Lipinski definition) is 1. The Balaban J connectivity index is 1.83. The first-order valence-electron chi connectivity index (χ1n) is 8.35. The molecule has 3 rings (SSSR count). The standard InChI is InChI=1S/C16H25N7O2/c1-10-9-22(15(24)25-16(2,3)4)6-7-23(10)13-12-11(8-18-21(12)5)19-14(17)20-13/h8,10H,6-7,9H2,1-5H3,(H2,17,19,20)/t10-/m0/s1. The van der Waals surface area contributed by atoms with E-state index in [0.717, 1.165) is 11.3 Å². The van der Waals surface area contributed by atoms with Crippen molar-refractivity contribution in [3.8, 4) is 0 Å². The highest BCUT2D eigenvalue weighted by atomic mass is 16.6. The molecule has 1 aliphatic rings. The average molecular weight is 347 g/mol. The van der Waals surface area contributed by atoms with Gasteiger partial charge in [0.05, 0.1) is 6.20 Å². The highest BCUT2D eigenvalue weighted by Gasteiger charge is 2.32. The zero-order chi connectivity index (χ0) is 18.4. The number of aromatic nitrogens is 4. The molecule has 3 heterocycles. The van der Waals surface area contributed by atoms with Gasteiger partial charge in [-0.05, 0) is 27.7 Å². The Morgan fingerprint density at radius 2 is 2.04 bits per heavy atom. The van der Waals surface area contributed by atoms with Gasteiger partial charge in [0, 0.05) is 32.7 Å². The summed E-state index contributed by atoms with van der Waals surface area (Å²) in [5.41, 5.74) is 6.91. The van der Waals surface area contributed by atoms with Crippen molar-refractivity contribution in [2.45, 2.75) is 39.3 Å². The summed E-state index contributed by atoms with van der Waals surface area (Å²) in [6.45, 7) is 9.41. The van der Waals surface area contributed by atoms with E-state index >= 15 is 0 Å². The second-order valence-corrected chi connectivity index (χ2v) is 7.38. The molecule has 9 heteroatoms. The maximum absolute atomic E-state index is 12.3. The number of rotatable bonds is 1. The molecule has 1 atom stereocenters. The SMILES string of the molecule is C[C@H]1CN(C(=O)OC(C)(C)C)CCN1c1nc(N)nc2cnn(C)c12. The lowest BCUT2D eigenvalue weighted by Gasteiger charge is -2.40. The van der Waals surface area contributed by atoms with Gasteiger partial charge in [-0.3, -0.25) is 4.68 Å². The van der Waals surface area contributed by atoms with Gasteiger partial charge in [-0.15, -0.1) is 0 Å². The largest absolute Gasteiger partial charge is 0.444 e. The van der Waals surface area contributed by atoms with E-state index in [1.165, 1.54) is 0 Å². The van der Waals surface area contributed by atoms with Crippen LogP contribution < -0.4 is 10.6 Å². The number of nitrogens with zero attached hydrogens (tertiary/aromatic N) is 6. The molecule has 9 nitrogen and oxygen atoms in total. The Labute approximate surface area is 146 Å². The summed E-state index contributed by atoms with van der Waals surface area (Å²) in [5, 5.41) is 4.25. The van der Waals surface area contributed by atoms with E-state index in [2.05, 4.69) is 26.9 Å². The number of carbonyl (C=O) groups is 1. The van der Waals surface area contributed by atoms with Crippen LogP contribution in [0.25, 0.3) is 11.0 Å². The number of aryl methyl sites for hydroxylation is 1. The zero-order valence-electron chi connectivity index (χ0n) is 15.4. The van der Waals surface area contributed by atoms with Crippen LogP contribution in [0, 0.1) is 0 Å². The van der Waals surface area contributed by atoms with E-state index < -0.39 is 5.60 Å². The topological polar surface area (TPSA) is 102 Å². The molecule has 0 aliphatic carbocycles. The lowest BCUT2D eigenvalue weighted by molar-refractivity contribution is 0.0218. The summed E-state index contributed by atoms with van der Waals surface area (Å²) >= 11 is 0. The molecule has 136 valence electrons. The maximum atomic E-state index is 12.3. The predicted molar refractivity (Wildman–Crippen MR) is 95.3 cm³/mol. The number of amides is 1. The molecule has 0 saturated carbocycles. The average Bonchev–Trinajstić information content (AvgIpc) is 2.86. The number of hydrogen-bond acceptors (Lipinski definition) is 7. The van der Waals surface area contributed by atoms with Crippen LogP contribution in [0.15, 0.2) is 6.20 Å². The zero-order valence-corrected chi connectivity index (χ0v) is 15.4. The van der Waals surface area contributed by atoms with Gasteiger partial charge in [0.15, 0.2) is 5.82 Å². The quantitative estimate of drug-likeness (QED) is 0.831. The molecule has 1 amide bonds. The van der Waals surface area contributed by atoms with Gasteiger partial charge in [0.2, 0.25) is 5.95 Å². The molecule has 2 aromatic rings. The summed E-state index contributed by atoms with van der Waals surface area (Å²) in [7, 11) is 1.85. The molecular formula is C16H25N7O2. The first-order chi connectivity index (χ1) is 11.7. The van der Waals surface area contributed by atoms with E-state index in [1.54, 1.807) is 15.8 Å². The van der Waals surface area contributed by atoms with Gasteiger partial charge in [-0.2, -0.15) is 10.1 Å². The van der Waals surface area contributed by atoms with Crippen LogP contribution >= 0.6 is 0 Å². The molecule has 0 unspecified atom stereocenters. The minimum atomic E-state index is -0.501. The van der Waals surface area contributed by atoms with Gasteiger partial charge < -0.3 is 20.3 Å². The molecule has 0 aromatic carbocycles. The second kappa shape index (κ2) is 6.05. The van der Waals surface area contributed by atoms with Gasteiger partial charge in [0.25, 0.3) is 0 Å². The number of ether oxygens (including phenoxy) is 1. The van der Waals surface area contributed by atoms with Gasteiger partial charge in [0.1, 0.15) is 16.6 Å². The molecule has 0 spiro atoms. The highest BCUT2D eigenvalue weighted by molar-refractivity contribution is 5.87. The summed E-state index contributed by atoms with van der Waals surface area (Å²) in [6.07, 6.45) is 1.39. The summed E-state index contributed by atoms with van der Waals surface area (Å²) < 4.78 is 7.22. The molecular weight excluding hydrogens is 322 g/mol. The Morgan fingerprint density at radius 3 is 2.68 bits per heavy atom. The van der Waals surface area contributed by atoms with Crippen LogP contribution in [0.5, 0.6) is 0 Å². The van der Waals surface area contributed by atoms with Gasteiger partial charge in [-0.25, -0.2) is 9.78 Å². The van der Waals surface area contributed by atoms with Gasteiger partial charge in [-0.1, -0.05) is 0 Å². The van der Waals surface area contributed by atoms with E-state index in [1.807, 2.05) is 27.8 Å². The molecule has 1 fully saturated rings. The minimum absolute atomic E-state index is 0.0636. The van der Waals surface area contributed by atoms with E-state index in [9.17, 15) is 4.79 Å². The van der Waals surface area contributed by atoms with Crippen LogP contribution in [-0.4, -0.2) is 62.0 Å². The molecule has 0 bridgehead atoms. The first-order valence-corrected chi connectivity index (χ1v) is 8.35. The van der Waals surface area contributed by atoms with Crippen molar-refractivity contribution in [3.63, 3.8) is 0 Å². The number of nitrogens with two attached hydrogens (primary N) is 1. The fourth-order valence-corrected chi connectivity index (χ4v) is 3.04. The van der Waals surface area contributed by atoms with Crippen molar-refractivity contribution in [2.24, 2.45) is 7.05 Å². The smallest absolute Gasteiger partial charge is 0.410 e. The summed E-state index contributed by atoms with van der Waals surface area (Å²) in [5.74, 6) is 0.969. The van der Waals surface area contributed by atoms with E-state index in [4.69, 9.17) is 10.5 Å². The summed E-state index contributed by atoms with van der Waals surface area (Å²) in [4.78, 5) is 24.8. The molecule has 0 radical (unpaired) electrons. The van der Waals surface area contributed by atoms with Crippen LogP contribution in [-0.2, 0) is 11.8 Å². The lowest BCUT2D eigenvalue weighted by atomic mass is 10.2. The van der Waals surface area contributed by atoms with Crippen LogP contribution in [0.2, 0.25) is 0 Å². The Hall–Kier alpha value is -2.58. The molecule has 1 aliphatic heterocycles. The predicted octanol–water partition coefficient (Wildman–Crippen LogP) is 1.39. The number of fused-ring (bicyclic) bond motifs is 1. The first kappa shape index (κ1) is 17.2. The number of piperazine rings is 1. The number of anilines is 2. The third kappa shape index (κ3) is 3.45. The van der Waals surface area contributed by atoms with E-state index in [-0.39, 0.29) is 18.1 Å². The minimum Gasteiger partial charge on any atom is -0.444 e. The Bertz CT molecular complexity index is 796. The molecule has 1 saturated heterocycles. The van der Waals surface area contributed by atoms with Crippen LogP contribution in [0.4, 0.5) is 16.6 Å². The Kier molecular flexibility index (Phi) is 4.18. The van der Waals surface area contributed by atoms with Gasteiger partial charge >= 0.3 is 6.09 Å². The Morgan fingerprint density at radius 1 is 1.32 bits per heavy atom. The normalized spacial score (nSPS) is 18.7. The number of carbonyl (C=O) groups excluding carboxylic acids is 1. The molecule has 25 heavy (non-hydrogen) atoms. The van der Waals surface area contributed by atoms with Crippen LogP contribution in [0.3, 0.4) is 0 Å². The summed E-state index contributed by atoms with van der Waals surface area (Å²) in [6, 6.07) is 0.0636. The fraction of sp³-hybridized carbons (Fsp3) is 0.625. The third-order valence-corrected chi connectivity index (χ3v) is 4.14. The van der Waals surface area contributed by atoms with Crippen molar-refractivity contribution in [2.75, 3.05) is 30.3 Å². The third-order valence-electron chi connectivity index (χ3n) is 4.14. The van der Waals surface area contributed by atoms with E-state index in [0.29, 0.717) is 25.2 Å². The lowest BCUT2D eigenvalue weighted by Crippen LogP contribution is -2.55. The monoisotopic (exact) mass is 347 g/mol. The van der Waals surface area contributed by atoms with Crippen molar-refractivity contribution in [1.29, 1.82) is 0 Å². The fourth-order valence-electron chi connectivity index (χ4n) is 3.04. The highest BCUT2D eigenvalue weighted by Crippen LogP contribution is 2.27. The van der Waals surface area contributed by atoms with Crippen LogP contribution in [0.1, 0.15) is 27.7 Å². The number of nitrogen functional groups attached to an aromatic ring is 1. The molecule has 2 aromatic heterocycles. The van der Waals surface area contributed by atoms with Crippen molar-refractivity contribution in [1.82, 2.24) is 24.6 Å².